The first-order valence-electron chi connectivity index (χ1n) is 48.5. The van der Waals surface area contributed by atoms with Gasteiger partial charge in [0.1, 0.15) is 46.7 Å². The van der Waals surface area contributed by atoms with Gasteiger partial charge >= 0.3 is 0 Å². The summed E-state index contributed by atoms with van der Waals surface area (Å²) in [5, 5.41) is 2.45. The van der Waals surface area contributed by atoms with E-state index in [9.17, 15) is 19.2 Å². The van der Waals surface area contributed by atoms with Crippen LogP contribution in [0.15, 0.2) is 455 Å². The summed E-state index contributed by atoms with van der Waals surface area (Å²) in [6, 6.07) is 143. The highest BCUT2D eigenvalue weighted by atomic mass is 16.5. The van der Waals surface area contributed by atoms with Crippen LogP contribution in [0.4, 0.5) is 0 Å². The first-order chi connectivity index (χ1) is 69.2. The second-order valence-electron chi connectivity index (χ2n) is 35.5. The molecular formula is C127H122O14. The summed E-state index contributed by atoms with van der Waals surface area (Å²) in [6.45, 7) is 6.28. The monoisotopic (exact) mass is 1870 g/mol. The summed E-state index contributed by atoms with van der Waals surface area (Å²) in [4.78, 5) is 51.6. The molecule has 141 heavy (non-hydrogen) atoms. The molecular weight excluding hydrogens is 1750 g/mol. The van der Waals surface area contributed by atoms with Crippen molar-refractivity contribution >= 4 is 55.4 Å². The third-order valence-electron chi connectivity index (χ3n) is 25.7. The van der Waals surface area contributed by atoms with Crippen LogP contribution < -0.4 is 10.9 Å². The lowest BCUT2D eigenvalue weighted by Crippen LogP contribution is -2.16. The van der Waals surface area contributed by atoms with Crippen LogP contribution in [0.3, 0.4) is 0 Å². The zero-order chi connectivity index (χ0) is 97.7. The van der Waals surface area contributed by atoms with Crippen molar-refractivity contribution in [2.45, 2.75) is 114 Å². The number of para-hydroxylation sites is 2. The highest BCUT2D eigenvalue weighted by molar-refractivity contribution is 6.09. The lowest BCUT2D eigenvalue weighted by Gasteiger charge is -2.25. The maximum Gasteiger partial charge on any atom is 0.200 e. The quantitative estimate of drug-likeness (QED) is 0.0262. The number of carbonyl (C=O) groups is 2. The molecule has 0 radical (unpaired) electrons. The van der Waals surface area contributed by atoms with Gasteiger partial charge in [0.05, 0.1) is 72.4 Å². The Morgan fingerprint density at radius 2 is 0.511 bits per heavy atom. The third-order valence-corrected chi connectivity index (χ3v) is 25.7. The lowest BCUT2D eigenvalue weighted by atomic mass is 9.90. The van der Waals surface area contributed by atoms with Crippen molar-refractivity contribution < 1.29 is 56.3 Å². The molecule has 14 nitrogen and oxygen atoms in total. The number of rotatable bonds is 41. The molecule has 10 unspecified atom stereocenters. The van der Waals surface area contributed by atoms with Gasteiger partial charge in [0.15, 0.2) is 11.6 Å². The van der Waals surface area contributed by atoms with Crippen LogP contribution in [0.2, 0.25) is 0 Å². The minimum Gasteiger partial charge on any atom is -0.456 e. The number of benzene rings is 16. The molecule has 0 aliphatic carbocycles. The minimum atomic E-state index is -0.135. The van der Waals surface area contributed by atoms with E-state index < -0.39 is 0 Å². The summed E-state index contributed by atoms with van der Waals surface area (Å²) in [6.07, 6.45) is 4.85. The van der Waals surface area contributed by atoms with E-state index in [1.807, 2.05) is 309 Å². The van der Waals surface area contributed by atoms with Gasteiger partial charge in [0, 0.05) is 50.7 Å². The van der Waals surface area contributed by atoms with E-state index in [1.54, 1.807) is 34.5 Å². The summed E-state index contributed by atoms with van der Waals surface area (Å²) >= 11 is 0. The highest BCUT2D eigenvalue weighted by Crippen LogP contribution is 2.37. The van der Waals surface area contributed by atoms with Crippen molar-refractivity contribution in [2.75, 3.05) is 54.9 Å². The lowest BCUT2D eigenvalue weighted by molar-refractivity contribution is -0.0369. The van der Waals surface area contributed by atoms with Crippen molar-refractivity contribution in [3.8, 4) is 0 Å². The number of fused-ring (bicyclic) bond motifs is 4. The Balaban J connectivity index is 0.000000142. The Morgan fingerprint density at radius 1 is 0.241 bits per heavy atom. The fourth-order valence-corrected chi connectivity index (χ4v) is 17.9. The van der Waals surface area contributed by atoms with Gasteiger partial charge in [-0.05, 0) is 184 Å². The molecule has 0 fully saturated rings. The average molecular weight is 1870 g/mol. The number of hydrogen-bond acceptors (Lipinski definition) is 14. The van der Waals surface area contributed by atoms with Crippen molar-refractivity contribution in [1.29, 1.82) is 0 Å². The molecule has 0 spiro atoms. The van der Waals surface area contributed by atoms with Gasteiger partial charge in [-0.25, -0.2) is 0 Å². The molecule has 0 saturated heterocycles. The Morgan fingerprint density at radius 3 is 0.879 bits per heavy atom. The van der Waals surface area contributed by atoms with Gasteiger partial charge in [0.25, 0.3) is 0 Å². The SMILES string of the molecule is COC(COC(CC(C)Cc1ccc2c(=O)c3ccccc3oc2c1)c1ccccc1)c1ccccc1.COC(COC(CC(C)c1cccc(C(=O)c2ccccc2)c1)c1ccccc1)c1ccccc1.COC(COC(CCc1ccc2c(=O)c3ccccc3oc2c1)c1ccccc1)c1ccccc1.COC(COC(CCc1cccc(C(=O)c2ccccc2)c1)c1ccccc1)c1ccccc1. The standard InChI is InChI=1S/C33H32O4.C32H32O3.C31H28O4.C31H30O3/c1-23(19-24-17-18-28-31(21-24)37-29-16-10-9-15-27(29)33(28)34)20-30(25-11-5-3-6-12-25)36-22-32(35-2)26-13-7-4-8-14-26;1-24(28-19-12-20-29(22-28)32(33)27-17-10-5-11-18-27)21-30(25-13-6-3-7-14-25)35-23-31(34-2)26-15-8-4-9-16-26;1-33-30(24-12-6-3-7-13-24)21-34-27(23-10-4-2-5-11-23)19-17-22-16-18-26-29(20-22)35-28-15-9-8-14-25(28)31(26)32;1-33-30(26-15-7-3-8-16-26)23-34-29(25-13-5-2-6-14-25)21-20-24-12-11-19-28(22-24)31(32)27-17-9-4-10-18-27/h3-18,21,23,30,32H,19-20,22H2,1-2H3;3-20,22,24,30-31H,21,23H2,1-2H3;2-16,18,20,27,30H,17,19,21H2,1H3;2-19,22,29-30H,20-21,23H2,1H3. The summed E-state index contributed by atoms with van der Waals surface area (Å²) in [5.41, 5.74) is 18.8. The average Bonchev–Trinajstić information content (AvgIpc) is 0.778. The topological polar surface area (TPSA) is 168 Å². The number of ketones is 2. The Hall–Kier alpha value is -14.5. The molecule has 714 valence electrons. The Bertz CT molecular complexity index is 7000. The van der Waals surface area contributed by atoms with Crippen LogP contribution in [-0.2, 0) is 57.2 Å². The van der Waals surface area contributed by atoms with Crippen LogP contribution in [0.1, 0.15) is 193 Å². The molecule has 2 aromatic heterocycles. The fraction of sp³-hybridized carbons (Fsp3) is 0.213. The Labute approximate surface area is 827 Å². The maximum atomic E-state index is 13.0. The number of hydrogen-bond donors (Lipinski definition) is 0. The molecule has 0 bridgehead atoms. The zero-order valence-electron chi connectivity index (χ0n) is 80.8. The number of ether oxygens (including phenoxy) is 8. The van der Waals surface area contributed by atoms with E-state index in [-0.39, 0.29) is 77.2 Å². The third kappa shape index (κ3) is 28.4. The number of aryl methyl sites for hydroxylation is 2. The van der Waals surface area contributed by atoms with E-state index in [2.05, 4.69) is 135 Å². The van der Waals surface area contributed by atoms with Crippen LogP contribution in [-0.4, -0.2) is 66.4 Å². The maximum absolute atomic E-state index is 13.0. The molecule has 0 N–H and O–H groups in total. The van der Waals surface area contributed by atoms with E-state index in [0.29, 0.717) is 98.5 Å². The van der Waals surface area contributed by atoms with E-state index in [1.165, 1.54) is 0 Å². The highest BCUT2D eigenvalue weighted by Gasteiger charge is 2.26. The molecule has 10 atom stereocenters. The van der Waals surface area contributed by atoms with Gasteiger partial charge in [0.2, 0.25) is 10.9 Å². The van der Waals surface area contributed by atoms with E-state index >= 15 is 0 Å². The molecule has 14 heteroatoms. The van der Waals surface area contributed by atoms with Crippen LogP contribution >= 0.6 is 0 Å². The Kier molecular flexibility index (Phi) is 37.6. The second kappa shape index (κ2) is 52.5. The second-order valence-corrected chi connectivity index (χ2v) is 35.5. The van der Waals surface area contributed by atoms with E-state index in [4.69, 9.17) is 46.7 Å². The van der Waals surface area contributed by atoms with Gasteiger partial charge in [-0.1, -0.05) is 390 Å². The van der Waals surface area contributed by atoms with Crippen LogP contribution in [0.5, 0.6) is 0 Å². The fourth-order valence-electron chi connectivity index (χ4n) is 17.9. The summed E-state index contributed by atoms with van der Waals surface area (Å²) < 4.78 is 60.8. The van der Waals surface area contributed by atoms with Crippen molar-refractivity contribution in [1.82, 2.24) is 0 Å². The molecule has 16 aromatic carbocycles. The predicted octanol–water partition coefficient (Wildman–Crippen LogP) is 29.2. The molecule has 0 amide bonds. The number of carbonyl (C=O) groups excluding carboxylic acids is 2. The molecule has 2 heterocycles. The largest absolute Gasteiger partial charge is 0.456 e. The van der Waals surface area contributed by atoms with Crippen LogP contribution in [0.25, 0.3) is 43.9 Å². The van der Waals surface area contributed by atoms with Gasteiger partial charge in [-0.3, -0.25) is 19.2 Å². The van der Waals surface area contributed by atoms with Crippen molar-refractivity contribution in [3.63, 3.8) is 0 Å². The zero-order valence-corrected chi connectivity index (χ0v) is 80.8. The van der Waals surface area contributed by atoms with Gasteiger partial charge in [-0.2, -0.15) is 0 Å². The first-order valence-corrected chi connectivity index (χ1v) is 48.5. The molecule has 0 aliphatic rings. The molecule has 0 aliphatic heterocycles. The minimum absolute atomic E-state index is 0.00501. The summed E-state index contributed by atoms with van der Waals surface area (Å²) in [5.74, 6) is 0.624. The summed E-state index contributed by atoms with van der Waals surface area (Å²) in [7, 11) is 6.87. The van der Waals surface area contributed by atoms with Crippen molar-refractivity contribution in [3.05, 3.63) is 546 Å². The van der Waals surface area contributed by atoms with Gasteiger partial charge < -0.3 is 46.7 Å². The normalized spacial score (nSPS) is 13.4. The molecule has 18 aromatic rings. The van der Waals surface area contributed by atoms with Gasteiger partial charge in [-0.15, -0.1) is 0 Å². The molecule has 0 saturated carbocycles. The predicted molar refractivity (Wildman–Crippen MR) is 565 cm³/mol. The number of methoxy groups -OCH3 is 4. The van der Waals surface area contributed by atoms with Crippen molar-refractivity contribution in [2.24, 2.45) is 5.92 Å². The smallest absolute Gasteiger partial charge is 0.200 e. The van der Waals surface area contributed by atoms with Crippen LogP contribution in [0, 0.1) is 5.92 Å². The first kappa shape index (κ1) is 101. The molecule has 18 rings (SSSR count). The van der Waals surface area contributed by atoms with E-state index in [0.717, 1.165) is 112 Å².